The van der Waals surface area contributed by atoms with Crippen LogP contribution in [0.15, 0.2) is 48.5 Å². The van der Waals surface area contributed by atoms with Gasteiger partial charge in [0.15, 0.2) is 0 Å². The van der Waals surface area contributed by atoms with Gasteiger partial charge < -0.3 is 15.5 Å². The summed E-state index contributed by atoms with van der Waals surface area (Å²) in [6.07, 6.45) is 2.23. The van der Waals surface area contributed by atoms with Crippen molar-refractivity contribution < 1.29 is 9.18 Å². The molecule has 126 valence electrons. The number of benzene rings is 2. The van der Waals surface area contributed by atoms with Crippen molar-refractivity contribution in [1.82, 2.24) is 5.32 Å². The third-order valence-electron chi connectivity index (χ3n) is 4.47. The zero-order valence-corrected chi connectivity index (χ0v) is 13.8. The van der Waals surface area contributed by atoms with Crippen molar-refractivity contribution in [2.45, 2.75) is 18.9 Å². The summed E-state index contributed by atoms with van der Waals surface area (Å²) in [5.41, 5.74) is 2.26. The summed E-state index contributed by atoms with van der Waals surface area (Å²) >= 11 is 0. The summed E-state index contributed by atoms with van der Waals surface area (Å²) in [7, 11) is 2.09. The van der Waals surface area contributed by atoms with Crippen molar-refractivity contribution in [3.63, 3.8) is 0 Å². The van der Waals surface area contributed by atoms with Crippen LogP contribution in [0.4, 0.5) is 15.8 Å². The van der Waals surface area contributed by atoms with Gasteiger partial charge >= 0.3 is 0 Å². The zero-order chi connectivity index (χ0) is 16.9. The first-order valence-corrected chi connectivity index (χ1v) is 8.24. The van der Waals surface area contributed by atoms with Crippen molar-refractivity contribution >= 4 is 17.3 Å². The summed E-state index contributed by atoms with van der Waals surface area (Å²) < 4.78 is 13.0. The number of carbonyl (C=O) groups excluding carboxylic acids is 1. The smallest absolute Gasteiger partial charge is 0.255 e. The van der Waals surface area contributed by atoms with Crippen LogP contribution in [0, 0.1) is 5.82 Å². The molecule has 0 saturated carbocycles. The van der Waals surface area contributed by atoms with E-state index < -0.39 is 0 Å². The van der Waals surface area contributed by atoms with E-state index in [9.17, 15) is 9.18 Å². The fourth-order valence-corrected chi connectivity index (χ4v) is 3.01. The number of carbonyl (C=O) groups is 1. The van der Waals surface area contributed by atoms with Crippen molar-refractivity contribution in [3.05, 3.63) is 59.9 Å². The number of halogens is 1. The molecular weight excluding hydrogens is 305 g/mol. The molecule has 2 aromatic rings. The lowest BCUT2D eigenvalue weighted by molar-refractivity contribution is 0.102. The lowest BCUT2D eigenvalue weighted by Gasteiger charge is -2.33. The van der Waals surface area contributed by atoms with Crippen LogP contribution in [0.1, 0.15) is 23.2 Å². The van der Waals surface area contributed by atoms with E-state index in [-0.39, 0.29) is 11.7 Å². The molecule has 0 aromatic heterocycles. The first-order valence-electron chi connectivity index (χ1n) is 8.24. The summed E-state index contributed by atoms with van der Waals surface area (Å²) in [4.78, 5) is 14.5. The molecule has 1 saturated heterocycles. The van der Waals surface area contributed by atoms with E-state index in [4.69, 9.17) is 0 Å². The number of nitrogens with zero attached hydrogens (tertiary/aromatic N) is 1. The Bertz CT molecular complexity index is 696. The van der Waals surface area contributed by atoms with Gasteiger partial charge in [-0.15, -0.1) is 0 Å². The molecule has 0 spiro atoms. The maximum Gasteiger partial charge on any atom is 0.255 e. The fourth-order valence-electron chi connectivity index (χ4n) is 3.01. The zero-order valence-electron chi connectivity index (χ0n) is 13.8. The van der Waals surface area contributed by atoms with Crippen molar-refractivity contribution in [2.75, 3.05) is 30.4 Å². The van der Waals surface area contributed by atoms with E-state index in [1.807, 2.05) is 18.2 Å². The molecule has 2 N–H and O–H groups in total. The molecule has 2 aromatic carbocycles. The van der Waals surface area contributed by atoms with Crippen LogP contribution in [0.3, 0.4) is 0 Å². The van der Waals surface area contributed by atoms with Gasteiger partial charge in [-0.25, -0.2) is 4.39 Å². The topological polar surface area (TPSA) is 44.4 Å². The lowest BCUT2D eigenvalue weighted by Crippen LogP contribution is -2.41. The quantitative estimate of drug-likeness (QED) is 0.906. The number of hydrogen-bond donors (Lipinski definition) is 2. The Labute approximate surface area is 141 Å². The van der Waals surface area contributed by atoms with E-state index >= 15 is 0 Å². The third-order valence-corrected chi connectivity index (χ3v) is 4.47. The Morgan fingerprint density at radius 2 is 1.88 bits per heavy atom. The number of piperidine rings is 1. The molecule has 1 aliphatic rings. The Hall–Kier alpha value is -2.40. The molecule has 0 aliphatic carbocycles. The minimum Gasteiger partial charge on any atom is -0.371 e. The molecule has 0 unspecified atom stereocenters. The molecule has 5 heteroatoms. The summed E-state index contributed by atoms with van der Waals surface area (Å²) in [5, 5.41) is 6.25. The molecule has 0 bridgehead atoms. The van der Waals surface area contributed by atoms with Gasteiger partial charge in [0, 0.05) is 30.0 Å². The molecule has 1 fully saturated rings. The number of nitrogens with one attached hydrogen (secondary N) is 2. The normalized spacial score (nSPS) is 15.1. The highest BCUT2D eigenvalue weighted by molar-refractivity contribution is 6.04. The van der Waals surface area contributed by atoms with E-state index in [0.29, 0.717) is 11.6 Å². The van der Waals surface area contributed by atoms with Crippen LogP contribution in [-0.2, 0) is 0 Å². The van der Waals surface area contributed by atoms with Crippen LogP contribution in [0.2, 0.25) is 0 Å². The van der Waals surface area contributed by atoms with Gasteiger partial charge in [0.2, 0.25) is 0 Å². The first-order chi connectivity index (χ1) is 11.6. The number of rotatable bonds is 4. The molecule has 24 heavy (non-hydrogen) atoms. The monoisotopic (exact) mass is 327 g/mol. The standard InChI is InChI=1S/C19H22FN3O/c1-23(17-9-11-21-12-10-17)18-4-2-3-16(13-18)22-19(24)14-5-7-15(20)8-6-14/h2-8,13,17,21H,9-12H2,1H3,(H,22,24). The van der Waals surface area contributed by atoms with Crippen molar-refractivity contribution in [2.24, 2.45) is 0 Å². The minimum atomic E-state index is -0.350. The van der Waals surface area contributed by atoms with E-state index in [2.05, 4.69) is 28.6 Å². The van der Waals surface area contributed by atoms with E-state index in [1.165, 1.54) is 24.3 Å². The Balaban J connectivity index is 1.70. The lowest BCUT2D eigenvalue weighted by atomic mass is 10.0. The molecule has 3 rings (SSSR count). The average Bonchev–Trinajstić information content (AvgIpc) is 2.62. The average molecular weight is 327 g/mol. The SMILES string of the molecule is CN(c1cccc(NC(=O)c2ccc(F)cc2)c1)C1CCNCC1. The highest BCUT2D eigenvalue weighted by Gasteiger charge is 2.18. The van der Waals surface area contributed by atoms with Gasteiger partial charge in [-0.05, 0) is 68.4 Å². The van der Waals surface area contributed by atoms with Gasteiger partial charge in [-0.3, -0.25) is 4.79 Å². The summed E-state index contributed by atoms with van der Waals surface area (Å²) in [6, 6.07) is 13.9. The number of anilines is 2. The van der Waals surface area contributed by atoms with Crippen LogP contribution in [-0.4, -0.2) is 32.1 Å². The van der Waals surface area contributed by atoms with Crippen LogP contribution in [0.25, 0.3) is 0 Å². The number of hydrogen-bond acceptors (Lipinski definition) is 3. The minimum absolute atomic E-state index is 0.239. The molecule has 1 aliphatic heterocycles. The van der Waals surface area contributed by atoms with Crippen LogP contribution < -0.4 is 15.5 Å². The number of amides is 1. The Kier molecular flexibility index (Phi) is 5.11. The summed E-state index contributed by atoms with van der Waals surface area (Å²) in [6.45, 7) is 2.08. The van der Waals surface area contributed by atoms with Gasteiger partial charge in [-0.2, -0.15) is 0 Å². The maximum absolute atomic E-state index is 13.0. The maximum atomic E-state index is 13.0. The highest BCUT2D eigenvalue weighted by atomic mass is 19.1. The fraction of sp³-hybridized carbons (Fsp3) is 0.316. The Morgan fingerprint density at radius 3 is 2.58 bits per heavy atom. The molecule has 0 atom stereocenters. The molecule has 4 nitrogen and oxygen atoms in total. The van der Waals surface area contributed by atoms with Crippen LogP contribution in [0.5, 0.6) is 0 Å². The van der Waals surface area contributed by atoms with Gasteiger partial charge in [0.25, 0.3) is 5.91 Å². The second-order valence-electron chi connectivity index (χ2n) is 6.10. The van der Waals surface area contributed by atoms with Crippen molar-refractivity contribution in [3.8, 4) is 0 Å². The molecule has 1 heterocycles. The molecule has 1 amide bonds. The third kappa shape index (κ3) is 3.92. The second-order valence-corrected chi connectivity index (χ2v) is 6.10. The van der Waals surface area contributed by atoms with E-state index in [1.54, 1.807) is 0 Å². The molecular formula is C19H22FN3O. The molecule has 0 radical (unpaired) electrons. The van der Waals surface area contributed by atoms with Gasteiger partial charge in [-0.1, -0.05) is 6.07 Å². The van der Waals surface area contributed by atoms with Crippen molar-refractivity contribution in [1.29, 1.82) is 0 Å². The van der Waals surface area contributed by atoms with E-state index in [0.717, 1.165) is 37.3 Å². The predicted molar refractivity (Wildman–Crippen MR) is 95.1 cm³/mol. The largest absolute Gasteiger partial charge is 0.371 e. The second kappa shape index (κ2) is 7.45. The van der Waals surface area contributed by atoms with Gasteiger partial charge in [0.05, 0.1) is 0 Å². The predicted octanol–water partition coefficient (Wildman–Crippen LogP) is 3.27. The van der Waals surface area contributed by atoms with Crippen LogP contribution >= 0.6 is 0 Å². The highest BCUT2D eigenvalue weighted by Crippen LogP contribution is 2.23. The van der Waals surface area contributed by atoms with Gasteiger partial charge in [0.1, 0.15) is 5.82 Å². The Morgan fingerprint density at radius 1 is 1.17 bits per heavy atom. The summed E-state index contributed by atoms with van der Waals surface area (Å²) in [5.74, 6) is -0.589. The first kappa shape index (κ1) is 16.5.